The molecule has 3 rings (SSSR count). The molecule has 27 heavy (non-hydrogen) atoms. The van der Waals surface area contributed by atoms with Gasteiger partial charge in [-0.15, -0.1) is 0 Å². The molecule has 2 aromatic heterocycles. The van der Waals surface area contributed by atoms with E-state index >= 15 is 0 Å². The van der Waals surface area contributed by atoms with Gasteiger partial charge < -0.3 is 10.3 Å². The van der Waals surface area contributed by atoms with Crippen molar-refractivity contribution in [1.29, 1.82) is 0 Å². The van der Waals surface area contributed by atoms with Gasteiger partial charge in [0.15, 0.2) is 5.78 Å². The molecule has 1 aliphatic rings. The lowest BCUT2D eigenvalue weighted by Gasteiger charge is -2.26. The Hall–Kier alpha value is -2.68. The molecule has 3 heterocycles. The number of aryl methyl sites for hydroxylation is 1. The van der Waals surface area contributed by atoms with Crippen molar-refractivity contribution < 1.29 is 9.32 Å². The number of piperidine rings is 1. The van der Waals surface area contributed by atoms with Gasteiger partial charge >= 0.3 is 5.69 Å². The van der Waals surface area contributed by atoms with Gasteiger partial charge in [-0.1, -0.05) is 11.6 Å². The summed E-state index contributed by atoms with van der Waals surface area (Å²) in [4.78, 5) is 40.2. The molecule has 0 amide bonds. The Kier molecular flexibility index (Phi) is 5.90. The highest BCUT2D eigenvalue weighted by Gasteiger charge is 2.24. The Morgan fingerprint density at radius 3 is 2.59 bits per heavy atom. The minimum Gasteiger partial charge on any atom is -0.384 e. The topological polar surface area (TPSA) is 116 Å². The van der Waals surface area contributed by atoms with Crippen molar-refractivity contribution in [3.63, 3.8) is 0 Å². The lowest BCUT2D eigenvalue weighted by atomic mass is 10.1. The van der Waals surface area contributed by atoms with E-state index in [9.17, 15) is 14.4 Å². The summed E-state index contributed by atoms with van der Waals surface area (Å²) in [5.74, 6) is -0.406. The molecule has 0 saturated carbocycles. The molecule has 9 heteroatoms. The van der Waals surface area contributed by atoms with Gasteiger partial charge in [0.2, 0.25) is 0 Å². The van der Waals surface area contributed by atoms with Gasteiger partial charge in [0.1, 0.15) is 17.6 Å². The number of carbonyl (C=O) groups is 1. The normalized spacial score (nSPS) is 15.1. The number of likely N-dealkylation sites (tertiary alicyclic amines) is 1. The second-order valence-electron chi connectivity index (χ2n) is 6.74. The number of rotatable bonds is 7. The van der Waals surface area contributed by atoms with Crippen LogP contribution in [0.2, 0.25) is 0 Å². The lowest BCUT2D eigenvalue weighted by Crippen LogP contribution is -2.45. The first-order valence-electron chi connectivity index (χ1n) is 9.30. The number of hydrogen-bond acceptors (Lipinski definition) is 7. The Labute approximate surface area is 156 Å². The van der Waals surface area contributed by atoms with E-state index in [0.717, 1.165) is 36.9 Å². The van der Waals surface area contributed by atoms with Gasteiger partial charge in [-0.05, 0) is 32.9 Å². The molecule has 9 nitrogen and oxygen atoms in total. The fourth-order valence-electron chi connectivity index (χ4n) is 3.46. The van der Waals surface area contributed by atoms with E-state index in [0.29, 0.717) is 12.1 Å². The summed E-state index contributed by atoms with van der Waals surface area (Å²) in [7, 11) is 0. The number of nitrogens with two attached hydrogens (primary N) is 1. The van der Waals surface area contributed by atoms with Crippen molar-refractivity contribution in [3.8, 4) is 0 Å². The van der Waals surface area contributed by atoms with Crippen LogP contribution >= 0.6 is 0 Å². The second-order valence-corrected chi connectivity index (χ2v) is 6.74. The van der Waals surface area contributed by atoms with Crippen molar-refractivity contribution in [3.05, 3.63) is 44.4 Å². The van der Waals surface area contributed by atoms with Crippen LogP contribution in [-0.4, -0.2) is 44.6 Å². The van der Waals surface area contributed by atoms with Crippen LogP contribution in [0.5, 0.6) is 0 Å². The minimum absolute atomic E-state index is 0.0693. The number of Topliss-reactive ketones (excluding diaryl/α,β-unsaturated/α-hetero) is 1. The molecule has 1 saturated heterocycles. The van der Waals surface area contributed by atoms with Crippen LogP contribution in [0, 0.1) is 0 Å². The number of nitrogens with zero attached hydrogens (tertiary/aromatic N) is 4. The second kappa shape index (κ2) is 8.34. The van der Waals surface area contributed by atoms with Crippen LogP contribution in [0.1, 0.15) is 42.2 Å². The zero-order valence-electron chi connectivity index (χ0n) is 15.5. The fourth-order valence-corrected chi connectivity index (χ4v) is 3.46. The highest BCUT2D eigenvalue weighted by Crippen LogP contribution is 2.12. The summed E-state index contributed by atoms with van der Waals surface area (Å²) in [6, 6.07) is 1.69. The predicted octanol–water partition coefficient (Wildman–Crippen LogP) is 0.511. The van der Waals surface area contributed by atoms with Gasteiger partial charge in [0, 0.05) is 25.6 Å². The molecule has 0 aromatic carbocycles. The average Bonchev–Trinajstić information content (AvgIpc) is 3.16. The molecule has 0 spiro atoms. The van der Waals surface area contributed by atoms with Gasteiger partial charge in [0.25, 0.3) is 5.56 Å². The predicted molar refractivity (Wildman–Crippen MR) is 99.9 cm³/mol. The van der Waals surface area contributed by atoms with E-state index in [1.165, 1.54) is 10.8 Å². The third-order valence-electron chi connectivity index (χ3n) is 4.96. The molecular weight excluding hydrogens is 350 g/mol. The van der Waals surface area contributed by atoms with Crippen LogP contribution in [-0.2, 0) is 19.5 Å². The van der Waals surface area contributed by atoms with E-state index in [1.807, 2.05) is 4.90 Å². The summed E-state index contributed by atoms with van der Waals surface area (Å²) >= 11 is 0. The van der Waals surface area contributed by atoms with Crippen LogP contribution in [0.4, 0.5) is 5.82 Å². The third-order valence-corrected chi connectivity index (χ3v) is 4.96. The van der Waals surface area contributed by atoms with E-state index in [4.69, 9.17) is 10.3 Å². The summed E-state index contributed by atoms with van der Waals surface area (Å²) < 4.78 is 7.13. The molecular formula is C18H25N5O4. The molecule has 2 aromatic rings. The molecule has 0 radical (unpaired) electrons. The van der Waals surface area contributed by atoms with E-state index < -0.39 is 11.2 Å². The molecule has 0 bridgehead atoms. The smallest absolute Gasteiger partial charge is 0.332 e. The van der Waals surface area contributed by atoms with Crippen LogP contribution in [0.25, 0.3) is 0 Å². The minimum atomic E-state index is -0.611. The SMILES string of the molecule is CCn1c(=O)c(C(=O)CN2CCCCC2)c(N)n(CCc2ccon2)c1=O. The molecule has 1 aliphatic heterocycles. The molecule has 0 atom stereocenters. The quantitative estimate of drug-likeness (QED) is 0.701. The van der Waals surface area contributed by atoms with Gasteiger partial charge in [-0.25, -0.2) is 4.79 Å². The number of ketones is 1. The van der Waals surface area contributed by atoms with Crippen LogP contribution in [0.15, 0.2) is 26.4 Å². The van der Waals surface area contributed by atoms with E-state index in [-0.39, 0.29) is 36.8 Å². The molecule has 146 valence electrons. The number of carbonyl (C=O) groups excluding carboxylic acids is 1. The standard InChI is InChI=1S/C18H25N5O4/c1-2-22-17(25)15(14(24)12-21-8-4-3-5-9-21)16(19)23(18(22)26)10-6-13-7-11-27-20-13/h7,11H,2-6,8-10,12,19H2,1H3. The maximum absolute atomic E-state index is 12.8. The molecule has 0 unspecified atom stereocenters. The van der Waals surface area contributed by atoms with Gasteiger partial charge in [-0.3, -0.25) is 23.6 Å². The monoisotopic (exact) mass is 375 g/mol. The van der Waals surface area contributed by atoms with Crippen molar-refractivity contribution in [1.82, 2.24) is 19.2 Å². The highest BCUT2D eigenvalue weighted by molar-refractivity contribution is 6.01. The van der Waals surface area contributed by atoms with Crippen molar-refractivity contribution in [2.75, 3.05) is 25.4 Å². The van der Waals surface area contributed by atoms with Crippen molar-refractivity contribution >= 4 is 11.6 Å². The van der Waals surface area contributed by atoms with Crippen molar-refractivity contribution in [2.24, 2.45) is 0 Å². The summed E-state index contributed by atoms with van der Waals surface area (Å²) in [6.07, 6.45) is 5.09. The van der Waals surface area contributed by atoms with Gasteiger partial charge in [0.05, 0.1) is 12.2 Å². The van der Waals surface area contributed by atoms with E-state index in [2.05, 4.69) is 5.16 Å². The molecule has 0 aliphatic carbocycles. The molecule has 1 fully saturated rings. The number of hydrogen-bond donors (Lipinski definition) is 1. The lowest BCUT2D eigenvalue weighted by molar-refractivity contribution is 0.0913. The first-order chi connectivity index (χ1) is 13.0. The Morgan fingerprint density at radius 2 is 1.96 bits per heavy atom. The first-order valence-corrected chi connectivity index (χ1v) is 9.30. The molecule has 2 N–H and O–H groups in total. The number of anilines is 1. The van der Waals surface area contributed by atoms with E-state index in [1.54, 1.807) is 13.0 Å². The fraction of sp³-hybridized carbons (Fsp3) is 0.556. The highest BCUT2D eigenvalue weighted by atomic mass is 16.5. The first kappa shape index (κ1) is 19.1. The Morgan fingerprint density at radius 1 is 1.22 bits per heavy atom. The Balaban J connectivity index is 1.94. The van der Waals surface area contributed by atoms with Crippen molar-refractivity contribution in [2.45, 2.75) is 45.7 Å². The summed E-state index contributed by atoms with van der Waals surface area (Å²) in [5.41, 5.74) is 5.56. The van der Waals surface area contributed by atoms with Crippen LogP contribution in [0.3, 0.4) is 0 Å². The zero-order chi connectivity index (χ0) is 19.4. The zero-order valence-corrected chi connectivity index (χ0v) is 15.5. The number of aromatic nitrogens is 3. The maximum Gasteiger partial charge on any atom is 0.332 e. The number of nitrogen functional groups attached to an aromatic ring is 1. The Bertz CT molecular complexity index is 907. The average molecular weight is 375 g/mol. The maximum atomic E-state index is 12.8. The summed E-state index contributed by atoms with van der Waals surface area (Å²) in [5, 5.41) is 3.81. The largest absolute Gasteiger partial charge is 0.384 e. The summed E-state index contributed by atoms with van der Waals surface area (Å²) in [6.45, 7) is 3.89. The third kappa shape index (κ3) is 4.02. The van der Waals surface area contributed by atoms with Gasteiger partial charge in [-0.2, -0.15) is 0 Å². The van der Waals surface area contributed by atoms with Crippen LogP contribution < -0.4 is 17.0 Å².